The van der Waals surface area contributed by atoms with E-state index in [0.717, 1.165) is 35.9 Å². The summed E-state index contributed by atoms with van der Waals surface area (Å²) in [5, 5.41) is 5.90. The van der Waals surface area contributed by atoms with E-state index in [2.05, 4.69) is 39.5 Å². The number of aromatic nitrogens is 3. The summed E-state index contributed by atoms with van der Waals surface area (Å²) in [5.74, 6) is 1.85. The Morgan fingerprint density at radius 1 is 1.37 bits per heavy atom. The fourth-order valence-electron chi connectivity index (χ4n) is 1.61. The van der Waals surface area contributed by atoms with Gasteiger partial charge in [0.05, 0.1) is 11.2 Å². The topological polar surface area (TPSA) is 50.7 Å². The smallest absolute Gasteiger partial charge is 0.137 e. The summed E-state index contributed by atoms with van der Waals surface area (Å²) < 4.78 is 0. The van der Waals surface area contributed by atoms with Crippen molar-refractivity contribution >= 4 is 28.8 Å². The molecule has 4 nitrogen and oxygen atoms in total. The largest absolute Gasteiger partial charge is 0.369 e. The molecule has 0 bridgehead atoms. The van der Waals surface area contributed by atoms with Crippen LogP contribution in [0.1, 0.15) is 36.8 Å². The van der Waals surface area contributed by atoms with Gasteiger partial charge >= 0.3 is 0 Å². The highest BCUT2D eigenvalue weighted by Crippen LogP contribution is 2.22. The molecule has 0 saturated carbocycles. The van der Waals surface area contributed by atoms with E-state index >= 15 is 0 Å². The minimum absolute atomic E-state index is 0.261. The second-order valence-electron chi connectivity index (χ2n) is 4.66. The van der Waals surface area contributed by atoms with E-state index < -0.39 is 0 Å². The quantitative estimate of drug-likeness (QED) is 0.855. The fourth-order valence-corrected chi connectivity index (χ4v) is 2.37. The molecule has 0 fully saturated rings. The molecule has 6 heteroatoms. The number of hydrogen-bond donors (Lipinski definition) is 1. The molecule has 0 saturated heterocycles. The number of nitrogens with one attached hydrogen (secondary N) is 1. The number of halogens is 1. The average molecular weight is 297 g/mol. The first-order chi connectivity index (χ1) is 9.08. The Kier molecular flexibility index (Phi) is 4.71. The highest BCUT2D eigenvalue weighted by Gasteiger charge is 2.11. The third-order valence-corrected chi connectivity index (χ3v) is 3.78. The maximum absolute atomic E-state index is 6.14. The van der Waals surface area contributed by atoms with Gasteiger partial charge in [-0.2, -0.15) is 0 Å². The van der Waals surface area contributed by atoms with Gasteiger partial charge in [0, 0.05) is 29.8 Å². The van der Waals surface area contributed by atoms with Gasteiger partial charge in [-0.25, -0.2) is 15.0 Å². The molecule has 0 spiro atoms. The standard InChI is InChI=1S/C13H17ClN4S/c1-8(2)12-17-11(14)9(3)13(18-12)15-5-4-10-6-19-7-16-10/h6-8H,4-5H2,1-3H3,(H,15,17,18). The lowest BCUT2D eigenvalue weighted by molar-refractivity contribution is 0.771. The van der Waals surface area contributed by atoms with Gasteiger partial charge in [-0.3, -0.25) is 0 Å². The van der Waals surface area contributed by atoms with Crippen molar-refractivity contribution in [1.29, 1.82) is 0 Å². The SMILES string of the molecule is Cc1c(Cl)nc(C(C)C)nc1NCCc1cscn1. The molecule has 0 amide bonds. The van der Waals surface area contributed by atoms with Crippen LogP contribution in [0.2, 0.25) is 5.15 Å². The van der Waals surface area contributed by atoms with Gasteiger partial charge in [-0.05, 0) is 6.92 Å². The molecule has 0 aromatic carbocycles. The van der Waals surface area contributed by atoms with E-state index in [1.807, 2.05) is 12.4 Å². The summed E-state index contributed by atoms with van der Waals surface area (Å²) in [6.07, 6.45) is 0.877. The third-order valence-electron chi connectivity index (χ3n) is 2.78. The molecule has 2 aromatic heterocycles. The van der Waals surface area contributed by atoms with Crippen molar-refractivity contribution in [3.63, 3.8) is 0 Å². The minimum atomic E-state index is 0.261. The van der Waals surface area contributed by atoms with Gasteiger partial charge < -0.3 is 5.32 Å². The van der Waals surface area contributed by atoms with Crippen LogP contribution in [0.4, 0.5) is 5.82 Å². The first-order valence-corrected chi connectivity index (χ1v) is 7.55. The van der Waals surface area contributed by atoms with Crippen molar-refractivity contribution in [2.75, 3.05) is 11.9 Å². The molecule has 0 aliphatic rings. The molecular formula is C13H17ClN4S. The van der Waals surface area contributed by atoms with Crippen LogP contribution in [0.25, 0.3) is 0 Å². The maximum atomic E-state index is 6.14. The van der Waals surface area contributed by atoms with Gasteiger partial charge in [0.25, 0.3) is 0 Å². The van der Waals surface area contributed by atoms with Crippen LogP contribution in [0, 0.1) is 6.92 Å². The summed E-state index contributed by atoms with van der Waals surface area (Å²) in [7, 11) is 0. The zero-order valence-corrected chi connectivity index (χ0v) is 12.8. The van der Waals surface area contributed by atoms with Crippen molar-refractivity contribution in [2.45, 2.75) is 33.1 Å². The van der Waals surface area contributed by atoms with Crippen molar-refractivity contribution in [3.05, 3.63) is 33.1 Å². The zero-order chi connectivity index (χ0) is 13.8. The molecule has 0 atom stereocenters. The average Bonchev–Trinajstić information content (AvgIpc) is 2.87. The second kappa shape index (κ2) is 6.30. The van der Waals surface area contributed by atoms with E-state index in [9.17, 15) is 0 Å². The molecular weight excluding hydrogens is 280 g/mol. The number of rotatable bonds is 5. The molecule has 2 heterocycles. The number of anilines is 1. The van der Waals surface area contributed by atoms with Crippen LogP contribution in [0.15, 0.2) is 10.9 Å². The summed E-state index contributed by atoms with van der Waals surface area (Å²) in [6, 6.07) is 0. The Morgan fingerprint density at radius 2 is 2.16 bits per heavy atom. The molecule has 2 rings (SSSR count). The lowest BCUT2D eigenvalue weighted by Gasteiger charge is -2.12. The van der Waals surface area contributed by atoms with Gasteiger partial charge in [0.2, 0.25) is 0 Å². The fraction of sp³-hybridized carbons (Fsp3) is 0.462. The van der Waals surface area contributed by atoms with E-state index in [1.165, 1.54) is 0 Å². The molecule has 19 heavy (non-hydrogen) atoms. The summed E-state index contributed by atoms with van der Waals surface area (Å²) in [5.41, 5.74) is 3.84. The van der Waals surface area contributed by atoms with Crippen LogP contribution in [0.5, 0.6) is 0 Å². The highest BCUT2D eigenvalue weighted by molar-refractivity contribution is 7.07. The first-order valence-electron chi connectivity index (χ1n) is 6.23. The predicted octanol–water partition coefficient (Wildman–Crippen LogP) is 3.67. The van der Waals surface area contributed by atoms with Crippen molar-refractivity contribution in [1.82, 2.24) is 15.0 Å². The van der Waals surface area contributed by atoms with Gasteiger partial charge in [0.1, 0.15) is 16.8 Å². The normalized spacial score (nSPS) is 11.0. The maximum Gasteiger partial charge on any atom is 0.137 e. The van der Waals surface area contributed by atoms with Crippen molar-refractivity contribution in [2.24, 2.45) is 0 Å². The minimum Gasteiger partial charge on any atom is -0.369 e. The van der Waals surface area contributed by atoms with Gasteiger partial charge in [0.15, 0.2) is 0 Å². The highest BCUT2D eigenvalue weighted by atomic mass is 35.5. The second-order valence-corrected chi connectivity index (χ2v) is 5.73. The molecule has 0 aliphatic heterocycles. The van der Waals surface area contributed by atoms with Gasteiger partial charge in [-0.15, -0.1) is 11.3 Å². The Labute approximate surface area is 122 Å². The van der Waals surface area contributed by atoms with Crippen LogP contribution in [0.3, 0.4) is 0 Å². The molecule has 102 valence electrons. The van der Waals surface area contributed by atoms with E-state index in [0.29, 0.717) is 5.15 Å². The monoisotopic (exact) mass is 296 g/mol. The summed E-state index contributed by atoms with van der Waals surface area (Å²) >= 11 is 7.75. The number of nitrogens with zero attached hydrogens (tertiary/aromatic N) is 3. The Bertz CT molecular complexity index is 540. The van der Waals surface area contributed by atoms with Gasteiger partial charge in [-0.1, -0.05) is 25.4 Å². The Morgan fingerprint density at radius 3 is 2.79 bits per heavy atom. The predicted molar refractivity (Wildman–Crippen MR) is 80.2 cm³/mol. The molecule has 0 radical (unpaired) electrons. The van der Waals surface area contributed by atoms with E-state index in [-0.39, 0.29) is 5.92 Å². The lowest BCUT2D eigenvalue weighted by Crippen LogP contribution is -2.11. The van der Waals surface area contributed by atoms with Crippen molar-refractivity contribution in [3.8, 4) is 0 Å². The molecule has 2 aromatic rings. The Hall–Kier alpha value is -1.20. The zero-order valence-electron chi connectivity index (χ0n) is 11.3. The summed E-state index contributed by atoms with van der Waals surface area (Å²) in [4.78, 5) is 13.1. The van der Waals surface area contributed by atoms with Crippen LogP contribution in [-0.2, 0) is 6.42 Å². The van der Waals surface area contributed by atoms with Crippen LogP contribution in [-0.4, -0.2) is 21.5 Å². The van der Waals surface area contributed by atoms with E-state index in [4.69, 9.17) is 11.6 Å². The molecule has 0 unspecified atom stereocenters. The lowest BCUT2D eigenvalue weighted by atomic mass is 10.2. The van der Waals surface area contributed by atoms with Crippen LogP contribution >= 0.6 is 22.9 Å². The number of hydrogen-bond acceptors (Lipinski definition) is 5. The van der Waals surface area contributed by atoms with Crippen molar-refractivity contribution < 1.29 is 0 Å². The van der Waals surface area contributed by atoms with E-state index in [1.54, 1.807) is 11.3 Å². The Balaban J connectivity index is 2.06. The first kappa shape index (κ1) is 14.2. The number of thiazole rings is 1. The molecule has 0 aliphatic carbocycles. The third kappa shape index (κ3) is 3.64. The summed E-state index contributed by atoms with van der Waals surface area (Å²) in [6.45, 7) is 6.83. The van der Waals surface area contributed by atoms with Crippen LogP contribution < -0.4 is 5.32 Å². The molecule has 1 N–H and O–H groups in total.